The molecule has 2 unspecified atom stereocenters. The number of benzene rings is 1. The van der Waals surface area contributed by atoms with Crippen LogP contribution in [0.1, 0.15) is 57.8 Å². The molecule has 2 bridgehead atoms. The number of rotatable bonds is 3. The molecular weight excluding hydrogens is 508 g/mol. The lowest BCUT2D eigenvalue weighted by Crippen LogP contribution is -2.82. The van der Waals surface area contributed by atoms with Crippen molar-refractivity contribution >= 4 is 23.5 Å². The van der Waals surface area contributed by atoms with Gasteiger partial charge in [0.25, 0.3) is 0 Å². The van der Waals surface area contributed by atoms with Gasteiger partial charge in [-0.1, -0.05) is 45.9 Å². The molecule has 3 saturated carbocycles. The monoisotopic (exact) mass is 544 g/mol. The second kappa shape index (κ2) is 8.92. The third-order valence-electron chi connectivity index (χ3n) is 10.1. The Labute approximate surface area is 226 Å². The molecule has 1 aliphatic heterocycles. The molecule has 0 aromatic heterocycles. The second-order valence-electron chi connectivity index (χ2n) is 12.6. The molecule has 1 aromatic carbocycles. The van der Waals surface area contributed by atoms with Crippen molar-refractivity contribution in [3.63, 3.8) is 0 Å². The molecule has 3 N–H and O–H groups in total. The fourth-order valence-electron chi connectivity index (χ4n) is 8.09. The Kier molecular flexibility index (Phi) is 6.38. The smallest absolute Gasteiger partial charge is 0.338 e. The molecule has 0 radical (unpaired) electrons. The Morgan fingerprint density at radius 2 is 1.67 bits per heavy atom. The van der Waals surface area contributed by atoms with E-state index in [1.54, 1.807) is 39.0 Å². The highest BCUT2D eigenvalue weighted by Gasteiger charge is 2.78. The van der Waals surface area contributed by atoms with E-state index in [0.29, 0.717) is 0 Å². The Morgan fingerprint density at radius 3 is 2.23 bits per heavy atom. The maximum Gasteiger partial charge on any atom is 0.338 e. The third-order valence-corrected chi connectivity index (χ3v) is 10.1. The molecule has 0 amide bonds. The average molecular weight is 545 g/mol. The van der Waals surface area contributed by atoms with Crippen LogP contribution >= 0.6 is 0 Å². The maximum atomic E-state index is 14.2. The van der Waals surface area contributed by atoms with Gasteiger partial charge in [-0.25, -0.2) is 4.79 Å². The van der Waals surface area contributed by atoms with Gasteiger partial charge >= 0.3 is 11.9 Å². The summed E-state index contributed by atoms with van der Waals surface area (Å²) in [6.45, 7) is 7.33. The van der Waals surface area contributed by atoms with E-state index < -0.39 is 87.7 Å². The summed E-state index contributed by atoms with van der Waals surface area (Å²) < 4.78 is 17.6. The van der Waals surface area contributed by atoms with Crippen LogP contribution in [0, 0.1) is 28.6 Å². The fraction of sp³-hybridized carbons (Fsp3) is 0.655. The number of hydrogen-bond acceptors (Lipinski definition) is 10. The van der Waals surface area contributed by atoms with Crippen molar-refractivity contribution < 1.29 is 48.7 Å². The summed E-state index contributed by atoms with van der Waals surface area (Å²) in [4.78, 5) is 54.2. The largest absolute Gasteiger partial charge is 0.455 e. The first-order valence-electron chi connectivity index (χ1n) is 13.4. The van der Waals surface area contributed by atoms with Crippen molar-refractivity contribution in [2.45, 2.75) is 83.1 Å². The van der Waals surface area contributed by atoms with Crippen LogP contribution in [0.4, 0.5) is 0 Å². The Balaban J connectivity index is 1.79. The standard InChI is InChI=1S/C29H36O10/c1-14-17(31)12-29(36)24(38-25(35)16-9-7-6-8-10-16)21-27(5,22(34)20(33)19(14)26(29,3)4)11-18(32)23-28(21,13-37-23)39-15(2)30/h6-10,14,17-19,21,23-24,31-32,36H,11-13H2,1-5H3/t14?,17-,18-,19?,21-,23+,24-,27+,28+,29+/m0/s1. The van der Waals surface area contributed by atoms with Gasteiger partial charge in [-0.05, 0) is 24.5 Å². The first-order chi connectivity index (χ1) is 18.1. The van der Waals surface area contributed by atoms with E-state index in [2.05, 4.69) is 0 Å². The predicted molar refractivity (Wildman–Crippen MR) is 134 cm³/mol. The van der Waals surface area contributed by atoms with Crippen LogP contribution in [0.2, 0.25) is 0 Å². The highest BCUT2D eigenvalue weighted by Crippen LogP contribution is 2.64. The number of esters is 2. The molecule has 212 valence electrons. The van der Waals surface area contributed by atoms with Crippen molar-refractivity contribution in [2.24, 2.45) is 28.6 Å². The van der Waals surface area contributed by atoms with Crippen molar-refractivity contribution in [3.05, 3.63) is 35.9 Å². The van der Waals surface area contributed by atoms with Gasteiger partial charge in [-0.2, -0.15) is 0 Å². The van der Waals surface area contributed by atoms with E-state index in [1.807, 2.05) is 0 Å². The number of hydrogen-bond donors (Lipinski definition) is 3. The number of ketones is 2. The minimum Gasteiger partial charge on any atom is -0.455 e. The van der Waals surface area contributed by atoms with Crippen molar-refractivity contribution in [1.29, 1.82) is 0 Å². The molecule has 4 aliphatic rings. The lowest BCUT2D eigenvalue weighted by Gasteiger charge is -2.67. The molecule has 1 heterocycles. The number of aliphatic hydroxyl groups is 3. The van der Waals surface area contributed by atoms with Crippen LogP contribution in [-0.2, 0) is 28.6 Å². The summed E-state index contributed by atoms with van der Waals surface area (Å²) in [7, 11) is 0. The van der Waals surface area contributed by atoms with Crippen LogP contribution in [0.3, 0.4) is 0 Å². The Morgan fingerprint density at radius 1 is 1.03 bits per heavy atom. The molecule has 10 heteroatoms. The predicted octanol–water partition coefficient (Wildman–Crippen LogP) is 1.23. The van der Waals surface area contributed by atoms with Crippen LogP contribution < -0.4 is 0 Å². The van der Waals surface area contributed by atoms with Crippen molar-refractivity contribution in [3.8, 4) is 0 Å². The van der Waals surface area contributed by atoms with Gasteiger partial charge in [0.05, 0.1) is 30.3 Å². The lowest BCUT2D eigenvalue weighted by molar-refractivity contribution is -0.355. The summed E-state index contributed by atoms with van der Waals surface area (Å²) in [6.07, 6.45) is -5.57. The topological polar surface area (TPSA) is 157 Å². The van der Waals surface area contributed by atoms with Gasteiger partial charge in [0.15, 0.2) is 5.60 Å². The van der Waals surface area contributed by atoms with Crippen molar-refractivity contribution in [2.75, 3.05) is 6.61 Å². The highest BCUT2D eigenvalue weighted by molar-refractivity contribution is 6.40. The van der Waals surface area contributed by atoms with Crippen molar-refractivity contribution in [1.82, 2.24) is 0 Å². The molecule has 10 atom stereocenters. The lowest BCUT2D eigenvalue weighted by atomic mass is 9.43. The normalized spacial score (nSPS) is 44.6. The van der Waals surface area contributed by atoms with E-state index in [1.165, 1.54) is 26.0 Å². The summed E-state index contributed by atoms with van der Waals surface area (Å²) in [5.74, 6) is -6.19. The number of ether oxygens (including phenoxy) is 3. The van der Waals surface area contributed by atoms with Gasteiger partial charge in [0.1, 0.15) is 17.8 Å². The second-order valence-corrected chi connectivity index (χ2v) is 12.6. The highest BCUT2D eigenvalue weighted by atomic mass is 16.6. The fourth-order valence-corrected chi connectivity index (χ4v) is 8.09. The molecule has 1 saturated heterocycles. The summed E-state index contributed by atoms with van der Waals surface area (Å²) >= 11 is 0. The zero-order chi connectivity index (χ0) is 28.7. The van der Waals surface area contributed by atoms with Gasteiger partial charge in [-0.15, -0.1) is 0 Å². The molecule has 0 spiro atoms. The molecular formula is C29H36O10. The van der Waals surface area contributed by atoms with Gasteiger partial charge in [0.2, 0.25) is 11.6 Å². The summed E-state index contributed by atoms with van der Waals surface area (Å²) in [5.41, 5.74) is -6.58. The minimum absolute atomic E-state index is 0.185. The van der Waals surface area contributed by atoms with Crippen LogP contribution in [0.15, 0.2) is 30.3 Å². The molecule has 10 nitrogen and oxygen atoms in total. The third kappa shape index (κ3) is 3.68. The molecule has 3 aliphatic carbocycles. The minimum atomic E-state index is -2.04. The summed E-state index contributed by atoms with van der Waals surface area (Å²) in [6, 6.07) is 8.10. The van der Waals surface area contributed by atoms with E-state index in [-0.39, 0.29) is 25.0 Å². The van der Waals surface area contributed by atoms with Crippen LogP contribution in [0.5, 0.6) is 0 Å². The van der Waals surface area contributed by atoms with Crippen LogP contribution in [0.25, 0.3) is 0 Å². The van der Waals surface area contributed by atoms with Gasteiger partial charge in [-0.3, -0.25) is 14.4 Å². The molecule has 5 rings (SSSR count). The number of aliphatic hydroxyl groups excluding tert-OH is 2. The van der Waals surface area contributed by atoms with E-state index in [0.717, 1.165) is 0 Å². The number of carbonyl (C=O) groups is 4. The van der Waals surface area contributed by atoms with Gasteiger partial charge < -0.3 is 29.5 Å². The molecule has 1 aromatic rings. The van der Waals surface area contributed by atoms with E-state index in [4.69, 9.17) is 14.2 Å². The van der Waals surface area contributed by atoms with E-state index in [9.17, 15) is 34.5 Å². The number of carbonyl (C=O) groups excluding carboxylic acids is 4. The first kappa shape index (κ1) is 27.9. The Bertz CT molecular complexity index is 1210. The van der Waals surface area contributed by atoms with Crippen LogP contribution in [-0.4, -0.2) is 81.0 Å². The number of fused-ring (bicyclic) bond motifs is 5. The SMILES string of the molecule is CC(=O)O[C@@]12CO[C@@H]1[C@@H](O)C[C@@]1(C)C(=O)C(=O)C3C(C)[C@@H](O)C[C@@](O)([C@@H](OC(=O)c4ccccc4)[C@H]21)C3(C)C. The van der Waals surface area contributed by atoms with E-state index >= 15 is 0 Å². The number of Topliss-reactive ketones (excluding diaryl/α,β-unsaturated/α-hetero) is 2. The maximum absolute atomic E-state index is 14.2. The Hall–Kier alpha value is -2.66. The first-order valence-corrected chi connectivity index (χ1v) is 13.4. The average Bonchev–Trinajstić information content (AvgIpc) is 2.84. The zero-order valence-corrected chi connectivity index (χ0v) is 22.7. The quantitative estimate of drug-likeness (QED) is 0.373. The van der Waals surface area contributed by atoms with Gasteiger partial charge in [0, 0.05) is 30.1 Å². The molecule has 4 fully saturated rings. The molecule has 39 heavy (non-hydrogen) atoms. The zero-order valence-electron chi connectivity index (χ0n) is 22.7. The summed E-state index contributed by atoms with van der Waals surface area (Å²) in [5, 5.41) is 34.8.